The molecule has 0 aliphatic heterocycles. The van der Waals surface area contributed by atoms with E-state index < -0.39 is 0 Å². The standard InChI is InChI=1S/2C2H5.CH4.2Y/c2*1-2;;;/h2*1H2,2H3;1H4;;/q2*-1;;;. The van der Waals surface area contributed by atoms with E-state index in [1.54, 1.807) is 13.8 Å². The van der Waals surface area contributed by atoms with Gasteiger partial charge in [0, 0.05) is 65.4 Å². The Balaban J connectivity index is -0.00000000267. The molecule has 0 amide bonds. The first kappa shape index (κ1) is 35.0. The van der Waals surface area contributed by atoms with Crippen LogP contribution in [0.4, 0.5) is 0 Å². The minimum absolute atomic E-state index is 0. The average Bonchev–Trinajstić information content (AvgIpc) is 1.50. The molecule has 0 rings (SSSR count). The molecule has 7 heavy (non-hydrogen) atoms. The van der Waals surface area contributed by atoms with Crippen LogP contribution in [0.5, 0.6) is 0 Å². The van der Waals surface area contributed by atoms with E-state index in [1.807, 2.05) is 0 Å². The van der Waals surface area contributed by atoms with Gasteiger partial charge in [0.25, 0.3) is 0 Å². The molecule has 0 saturated heterocycles. The maximum Gasteiger partial charge on any atom is 0 e. The van der Waals surface area contributed by atoms with Gasteiger partial charge in [-0.25, -0.2) is 0 Å². The van der Waals surface area contributed by atoms with Gasteiger partial charge in [0.2, 0.25) is 0 Å². The van der Waals surface area contributed by atoms with Crippen LogP contribution in [-0.2, 0) is 65.4 Å². The van der Waals surface area contributed by atoms with Crippen LogP contribution in [0.15, 0.2) is 0 Å². The topological polar surface area (TPSA) is 0 Å². The molecular weight excluding hydrogens is 238 g/mol. The van der Waals surface area contributed by atoms with Crippen molar-refractivity contribution in [1.29, 1.82) is 0 Å². The van der Waals surface area contributed by atoms with Crippen molar-refractivity contribution >= 4 is 0 Å². The van der Waals surface area contributed by atoms with Crippen molar-refractivity contribution in [3.8, 4) is 0 Å². The summed E-state index contributed by atoms with van der Waals surface area (Å²) in [5, 5.41) is 0. The summed E-state index contributed by atoms with van der Waals surface area (Å²) in [5.41, 5.74) is 0. The average molecular weight is 252 g/mol. The Hall–Kier alpha value is 2.21. The van der Waals surface area contributed by atoms with Gasteiger partial charge in [0.1, 0.15) is 0 Å². The zero-order chi connectivity index (χ0) is 4.00. The molecule has 0 aliphatic carbocycles. The van der Waals surface area contributed by atoms with Gasteiger partial charge in [-0.05, 0) is 0 Å². The molecule has 0 aromatic carbocycles. The van der Waals surface area contributed by atoms with E-state index in [0.29, 0.717) is 0 Å². The fraction of sp³-hybridized carbons (Fsp3) is 0.600. The minimum Gasteiger partial charge on any atom is -0.346 e. The third-order valence-electron chi connectivity index (χ3n) is 0. The van der Waals surface area contributed by atoms with Crippen LogP contribution in [0.25, 0.3) is 0 Å². The zero-order valence-electron chi connectivity index (χ0n) is 4.57. The molecule has 0 unspecified atom stereocenters. The van der Waals surface area contributed by atoms with Crippen molar-refractivity contribution in [1.82, 2.24) is 0 Å². The van der Waals surface area contributed by atoms with Crippen LogP contribution in [0, 0.1) is 13.8 Å². The monoisotopic (exact) mass is 252 g/mol. The summed E-state index contributed by atoms with van der Waals surface area (Å²) in [5.74, 6) is 0. The van der Waals surface area contributed by atoms with Crippen LogP contribution in [0.3, 0.4) is 0 Å². The summed E-state index contributed by atoms with van der Waals surface area (Å²) in [4.78, 5) is 0. The van der Waals surface area contributed by atoms with E-state index in [-0.39, 0.29) is 72.8 Å². The molecule has 0 aromatic rings. The second-order valence-electron chi connectivity index (χ2n) is 0. The normalized spacial score (nSPS) is 1.71. The molecule has 0 spiro atoms. The van der Waals surface area contributed by atoms with Crippen molar-refractivity contribution < 1.29 is 65.4 Å². The molecule has 42 valence electrons. The molecule has 0 nitrogen and oxygen atoms in total. The van der Waals surface area contributed by atoms with E-state index in [1.165, 1.54) is 0 Å². The van der Waals surface area contributed by atoms with Crippen molar-refractivity contribution in [3.63, 3.8) is 0 Å². The summed E-state index contributed by atoms with van der Waals surface area (Å²) < 4.78 is 0. The van der Waals surface area contributed by atoms with E-state index in [4.69, 9.17) is 0 Å². The third kappa shape index (κ3) is 64.9. The molecule has 0 saturated carbocycles. The minimum atomic E-state index is 0. The van der Waals surface area contributed by atoms with Crippen molar-refractivity contribution in [3.05, 3.63) is 13.8 Å². The first-order chi connectivity index (χ1) is 2.00. The molecule has 2 radical (unpaired) electrons. The number of hydrogen-bond acceptors (Lipinski definition) is 0. The Bertz CT molecular complexity index is 6.04. The van der Waals surface area contributed by atoms with Crippen LogP contribution in [0.2, 0.25) is 0 Å². The smallest absolute Gasteiger partial charge is 0 e. The Morgan fingerprint density at radius 2 is 0.714 bits per heavy atom. The zero-order valence-corrected chi connectivity index (χ0v) is 10.2. The summed E-state index contributed by atoms with van der Waals surface area (Å²) in [6, 6.07) is 0. The molecule has 0 N–H and O–H groups in total. The predicted molar refractivity (Wildman–Crippen MR) is 28.8 cm³/mol. The fourth-order valence-corrected chi connectivity index (χ4v) is 0. The van der Waals surface area contributed by atoms with Gasteiger partial charge in [-0.3, -0.25) is 0 Å². The first-order valence-electron chi connectivity index (χ1n) is 1.41. The summed E-state index contributed by atoms with van der Waals surface area (Å²) in [6.07, 6.45) is 0. The van der Waals surface area contributed by atoms with Crippen LogP contribution in [-0.4, -0.2) is 0 Å². The maximum absolute atomic E-state index is 3.25. The van der Waals surface area contributed by atoms with Gasteiger partial charge in [-0.2, -0.15) is 13.8 Å². The van der Waals surface area contributed by atoms with Gasteiger partial charge in [-0.1, -0.05) is 7.43 Å². The molecule has 2 heteroatoms. The molecule has 0 heterocycles. The van der Waals surface area contributed by atoms with Gasteiger partial charge < -0.3 is 13.8 Å². The second-order valence-corrected chi connectivity index (χ2v) is 0. The number of rotatable bonds is 0. The van der Waals surface area contributed by atoms with Gasteiger partial charge >= 0.3 is 0 Å². The molecule has 0 fully saturated rings. The fourth-order valence-electron chi connectivity index (χ4n) is 0. The van der Waals surface area contributed by atoms with Gasteiger partial charge in [-0.15, -0.1) is 0 Å². The van der Waals surface area contributed by atoms with E-state index in [9.17, 15) is 0 Å². The van der Waals surface area contributed by atoms with Crippen molar-refractivity contribution in [2.45, 2.75) is 21.3 Å². The van der Waals surface area contributed by atoms with Crippen LogP contribution in [0.1, 0.15) is 21.3 Å². The SMILES string of the molecule is C.[CH2-]C.[CH2-]C.[Y].[Y]. The van der Waals surface area contributed by atoms with Crippen LogP contribution >= 0.6 is 0 Å². The van der Waals surface area contributed by atoms with E-state index in [0.717, 1.165) is 0 Å². The predicted octanol–water partition coefficient (Wildman–Crippen LogP) is 2.31. The first-order valence-corrected chi connectivity index (χ1v) is 1.41. The summed E-state index contributed by atoms with van der Waals surface area (Å²) in [6.45, 7) is 10.0. The summed E-state index contributed by atoms with van der Waals surface area (Å²) in [7, 11) is 0. The third-order valence-corrected chi connectivity index (χ3v) is 0. The quantitative estimate of drug-likeness (QED) is 0.580. The molecule has 0 bridgehead atoms. The second kappa shape index (κ2) is 87.5. The van der Waals surface area contributed by atoms with Crippen molar-refractivity contribution in [2.75, 3.05) is 0 Å². The van der Waals surface area contributed by atoms with E-state index >= 15 is 0 Å². The van der Waals surface area contributed by atoms with Crippen molar-refractivity contribution in [2.24, 2.45) is 0 Å². The Labute approximate surface area is 99.0 Å². The largest absolute Gasteiger partial charge is 0.346 e. The molecule has 0 atom stereocenters. The maximum atomic E-state index is 3.25. The molecule has 0 aromatic heterocycles. The van der Waals surface area contributed by atoms with E-state index in [2.05, 4.69) is 13.8 Å². The molecular formula is C5H14Y2-2. The Morgan fingerprint density at radius 1 is 0.714 bits per heavy atom. The van der Waals surface area contributed by atoms with Gasteiger partial charge in [0.05, 0.1) is 0 Å². The summed E-state index contributed by atoms with van der Waals surface area (Å²) >= 11 is 0. The Kier molecular flexibility index (Phi) is 438. The Morgan fingerprint density at radius 3 is 0.714 bits per heavy atom. The molecule has 0 aliphatic rings. The van der Waals surface area contributed by atoms with Gasteiger partial charge in [0.15, 0.2) is 0 Å². The van der Waals surface area contributed by atoms with Crippen LogP contribution < -0.4 is 0 Å². The number of hydrogen-bond donors (Lipinski definition) is 0.